The van der Waals surface area contributed by atoms with E-state index in [1.807, 2.05) is 0 Å². The average molecular weight is 431 g/mol. The van der Waals surface area contributed by atoms with Crippen LogP contribution in [0.15, 0.2) is 58.3 Å². The van der Waals surface area contributed by atoms with Gasteiger partial charge in [-0.15, -0.1) is 11.3 Å². The molecule has 1 N–H and O–H groups in total. The number of aromatic nitrogens is 1. The van der Waals surface area contributed by atoms with E-state index < -0.39 is 23.5 Å². The quantitative estimate of drug-likeness (QED) is 0.410. The fourth-order valence-electron chi connectivity index (χ4n) is 3.02. The van der Waals surface area contributed by atoms with Gasteiger partial charge in [0.05, 0.1) is 11.1 Å². The lowest BCUT2D eigenvalue weighted by Crippen LogP contribution is -2.08. The summed E-state index contributed by atoms with van der Waals surface area (Å²) in [5.74, 6) is -1.90. The second-order valence-electron chi connectivity index (χ2n) is 6.43. The highest BCUT2D eigenvalue weighted by Gasteiger charge is 2.30. The number of aromatic carboxylic acids is 1. The molecule has 0 spiro atoms. The molecule has 0 aliphatic carbocycles. The Morgan fingerprint density at radius 3 is 2.40 bits per heavy atom. The molecule has 0 unspecified atom stereocenters. The first-order chi connectivity index (χ1) is 14.2. The number of benzene rings is 2. The van der Waals surface area contributed by atoms with Crippen LogP contribution in [0.3, 0.4) is 0 Å². The molecule has 4 aromatic rings. The van der Waals surface area contributed by atoms with Gasteiger partial charge in [-0.3, -0.25) is 4.79 Å². The molecule has 0 saturated carbocycles. The van der Waals surface area contributed by atoms with Crippen molar-refractivity contribution in [2.75, 3.05) is 0 Å². The van der Waals surface area contributed by atoms with E-state index in [0.717, 1.165) is 23.5 Å². The molecule has 4 rings (SSSR count). The zero-order valence-electron chi connectivity index (χ0n) is 15.1. The highest BCUT2D eigenvalue weighted by atomic mass is 32.1. The van der Waals surface area contributed by atoms with Crippen LogP contribution in [0.1, 0.15) is 32.2 Å². The van der Waals surface area contributed by atoms with Crippen LogP contribution in [0.5, 0.6) is 0 Å². The van der Waals surface area contributed by atoms with E-state index in [9.17, 15) is 27.9 Å². The highest BCUT2D eigenvalue weighted by molar-refractivity contribution is 7.14. The Hall–Kier alpha value is -3.46. The van der Waals surface area contributed by atoms with Gasteiger partial charge in [0, 0.05) is 11.3 Å². The van der Waals surface area contributed by atoms with Gasteiger partial charge in [0.1, 0.15) is 5.52 Å². The highest BCUT2D eigenvalue weighted by Crippen LogP contribution is 2.36. The van der Waals surface area contributed by atoms with E-state index in [1.54, 1.807) is 24.3 Å². The number of fused-ring (bicyclic) bond motifs is 1. The molecule has 0 aliphatic rings. The molecule has 0 amide bonds. The summed E-state index contributed by atoms with van der Waals surface area (Å²) >= 11 is 1.05. The van der Waals surface area contributed by atoms with E-state index >= 15 is 0 Å². The predicted octanol–water partition coefficient (Wildman–Crippen LogP) is 5.70. The van der Waals surface area contributed by atoms with Crippen molar-refractivity contribution in [2.24, 2.45) is 0 Å². The summed E-state index contributed by atoms with van der Waals surface area (Å²) in [6.07, 6.45) is -4.74. The van der Waals surface area contributed by atoms with Crippen LogP contribution in [0.25, 0.3) is 21.5 Å². The molecule has 152 valence electrons. The third-order valence-corrected chi connectivity index (χ3v) is 5.52. The van der Waals surface area contributed by atoms with Gasteiger partial charge in [0.15, 0.2) is 5.58 Å². The van der Waals surface area contributed by atoms with Gasteiger partial charge in [-0.1, -0.05) is 24.3 Å². The largest absolute Gasteiger partial charge is 0.478 e. The lowest BCUT2D eigenvalue weighted by atomic mass is 10.0. The molecular weight excluding hydrogens is 419 g/mol. The standard InChI is InChI=1S/C21H12F3NO4S/c22-21(23,24)13-7-5-11(6-8-13)18-17(20(27)28)12(10-30-18)9-15(26)19-25-14-3-1-2-4-16(14)29-19/h1-8,10H,9H2,(H,27,28). The Balaban J connectivity index is 1.65. The number of hydrogen-bond donors (Lipinski definition) is 1. The van der Waals surface area contributed by atoms with Crippen LogP contribution in [0.2, 0.25) is 0 Å². The Morgan fingerprint density at radius 1 is 1.07 bits per heavy atom. The van der Waals surface area contributed by atoms with Gasteiger partial charge < -0.3 is 9.52 Å². The van der Waals surface area contributed by atoms with Crippen LogP contribution < -0.4 is 0 Å². The lowest BCUT2D eigenvalue weighted by molar-refractivity contribution is -0.137. The molecule has 2 aromatic heterocycles. The van der Waals surface area contributed by atoms with Crippen molar-refractivity contribution in [3.05, 3.63) is 76.5 Å². The number of carbonyl (C=O) groups is 2. The summed E-state index contributed by atoms with van der Waals surface area (Å²) in [7, 11) is 0. The first-order valence-electron chi connectivity index (χ1n) is 8.64. The molecule has 0 bridgehead atoms. The van der Waals surface area contributed by atoms with Gasteiger partial charge >= 0.3 is 12.1 Å². The molecule has 0 aliphatic heterocycles. The Kier molecular flexibility index (Phi) is 4.90. The van der Waals surface area contributed by atoms with Gasteiger partial charge in [-0.2, -0.15) is 13.2 Å². The minimum Gasteiger partial charge on any atom is -0.478 e. The number of alkyl halides is 3. The molecule has 9 heteroatoms. The minimum atomic E-state index is -4.49. The van der Waals surface area contributed by atoms with Gasteiger partial charge in [-0.25, -0.2) is 9.78 Å². The van der Waals surface area contributed by atoms with Crippen molar-refractivity contribution >= 4 is 34.2 Å². The summed E-state index contributed by atoms with van der Waals surface area (Å²) in [5, 5.41) is 11.2. The van der Waals surface area contributed by atoms with Crippen LogP contribution in [-0.4, -0.2) is 21.8 Å². The topological polar surface area (TPSA) is 80.4 Å². The first kappa shape index (κ1) is 19.8. The lowest BCUT2D eigenvalue weighted by Gasteiger charge is -2.08. The summed E-state index contributed by atoms with van der Waals surface area (Å²) in [4.78, 5) is 28.8. The van der Waals surface area contributed by atoms with Crippen molar-refractivity contribution in [3.63, 3.8) is 0 Å². The van der Waals surface area contributed by atoms with Crippen molar-refractivity contribution in [1.29, 1.82) is 0 Å². The Labute approximate surface area is 171 Å². The minimum absolute atomic E-state index is 0.121. The number of halogens is 3. The summed E-state index contributed by atoms with van der Waals surface area (Å²) < 4.78 is 43.7. The maximum absolute atomic E-state index is 12.8. The van der Waals surface area contributed by atoms with Crippen LogP contribution >= 0.6 is 11.3 Å². The molecule has 0 atom stereocenters. The predicted molar refractivity (Wildman–Crippen MR) is 104 cm³/mol. The molecule has 2 aromatic carbocycles. The van der Waals surface area contributed by atoms with E-state index in [0.29, 0.717) is 16.7 Å². The summed E-state index contributed by atoms with van der Waals surface area (Å²) in [6.45, 7) is 0. The van der Waals surface area contributed by atoms with E-state index in [1.165, 1.54) is 17.5 Å². The molecule has 30 heavy (non-hydrogen) atoms. The smallest absolute Gasteiger partial charge is 0.416 e. The molecular formula is C21H12F3NO4S. The molecule has 0 radical (unpaired) electrons. The number of para-hydroxylation sites is 2. The number of Topliss-reactive ketones (excluding diaryl/α,β-unsaturated/α-hetero) is 1. The Morgan fingerprint density at radius 2 is 1.77 bits per heavy atom. The molecule has 0 fully saturated rings. The maximum Gasteiger partial charge on any atom is 0.416 e. The van der Waals surface area contributed by atoms with Crippen LogP contribution in [-0.2, 0) is 12.6 Å². The Bertz CT molecular complexity index is 1220. The second-order valence-corrected chi connectivity index (χ2v) is 7.31. The summed E-state index contributed by atoms with van der Waals surface area (Å²) in [6, 6.07) is 11.0. The maximum atomic E-state index is 12.8. The van der Waals surface area contributed by atoms with Crippen LogP contribution in [0, 0.1) is 0 Å². The fourth-order valence-corrected chi connectivity index (χ4v) is 4.09. The van der Waals surface area contributed by atoms with Gasteiger partial charge in [0.25, 0.3) is 5.89 Å². The molecule has 5 nitrogen and oxygen atoms in total. The van der Waals surface area contributed by atoms with Crippen molar-refractivity contribution < 1.29 is 32.3 Å². The van der Waals surface area contributed by atoms with Gasteiger partial charge in [-0.05, 0) is 40.8 Å². The van der Waals surface area contributed by atoms with Crippen molar-refractivity contribution in [1.82, 2.24) is 4.98 Å². The second kappa shape index (κ2) is 7.42. The van der Waals surface area contributed by atoms with Crippen molar-refractivity contribution in [3.8, 4) is 10.4 Å². The number of oxazole rings is 1. The summed E-state index contributed by atoms with van der Waals surface area (Å²) in [5.41, 5.74) is 0.570. The number of carboxylic acid groups (broad SMARTS) is 1. The molecule has 2 heterocycles. The van der Waals surface area contributed by atoms with E-state index in [2.05, 4.69) is 4.98 Å². The number of hydrogen-bond acceptors (Lipinski definition) is 5. The number of carboxylic acids is 1. The normalized spacial score (nSPS) is 11.7. The van der Waals surface area contributed by atoms with E-state index in [4.69, 9.17) is 4.42 Å². The number of ketones is 1. The zero-order valence-corrected chi connectivity index (χ0v) is 15.9. The fraction of sp³-hybridized carbons (Fsp3) is 0.0952. The van der Waals surface area contributed by atoms with Crippen molar-refractivity contribution in [2.45, 2.75) is 12.6 Å². The monoisotopic (exact) mass is 431 g/mol. The number of nitrogens with zero attached hydrogens (tertiary/aromatic N) is 1. The van der Waals surface area contributed by atoms with E-state index in [-0.39, 0.29) is 28.3 Å². The molecule has 0 saturated heterocycles. The number of thiophene rings is 1. The third kappa shape index (κ3) is 3.71. The SMILES string of the molecule is O=C(Cc1csc(-c2ccc(C(F)(F)F)cc2)c1C(=O)O)c1nc2ccccc2o1. The first-order valence-corrected chi connectivity index (χ1v) is 9.52. The van der Waals surface area contributed by atoms with Gasteiger partial charge in [0.2, 0.25) is 5.78 Å². The van der Waals surface area contributed by atoms with Crippen LogP contribution in [0.4, 0.5) is 13.2 Å². The number of rotatable bonds is 5. The average Bonchev–Trinajstić information content (AvgIpc) is 3.31. The number of carbonyl (C=O) groups excluding carboxylic acids is 1. The zero-order chi connectivity index (χ0) is 21.5. The third-order valence-electron chi connectivity index (χ3n) is 4.44.